The predicted octanol–water partition coefficient (Wildman–Crippen LogP) is 4.45. The summed E-state index contributed by atoms with van der Waals surface area (Å²) in [6.45, 7) is 4.57. The Labute approximate surface area is 173 Å². The third-order valence-corrected chi connectivity index (χ3v) is 6.71. The number of fused-ring (bicyclic) bond motifs is 2. The van der Waals surface area contributed by atoms with E-state index in [0.717, 1.165) is 40.6 Å². The summed E-state index contributed by atoms with van der Waals surface area (Å²) >= 11 is 3.37. The molecule has 1 aliphatic carbocycles. The van der Waals surface area contributed by atoms with Gasteiger partial charge < -0.3 is 4.57 Å². The average molecular weight is 413 g/mol. The second-order valence-corrected chi connectivity index (χ2v) is 8.83. The summed E-state index contributed by atoms with van der Waals surface area (Å²) in [6, 6.07) is 7.99. The molecule has 5 nitrogen and oxygen atoms in total. The van der Waals surface area contributed by atoms with Crippen molar-refractivity contribution in [3.8, 4) is 0 Å². The minimum Gasteiger partial charge on any atom is -0.318 e. The molecule has 3 aromatic rings. The molecule has 0 N–H and O–H groups in total. The van der Waals surface area contributed by atoms with Crippen LogP contribution in [0.3, 0.4) is 0 Å². The molecule has 0 saturated heterocycles. The molecule has 0 fully saturated rings. The van der Waals surface area contributed by atoms with Gasteiger partial charge in [0.25, 0.3) is 0 Å². The third kappa shape index (κ3) is 3.73. The van der Waals surface area contributed by atoms with Gasteiger partial charge in [0.05, 0.1) is 22.5 Å². The van der Waals surface area contributed by atoms with Gasteiger partial charge in [-0.05, 0) is 44.1 Å². The van der Waals surface area contributed by atoms with Crippen molar-refractivity contribution in [1.82, 2.24) is 14.5 Å². The first-order chi connectivity index (χ1) is 13.7. The predicted molar refractivity (Wildman–Crippen MR) is 118 cm³/mol. The van der Waals surface area contributed by atoms with Crippen LogP contribution in [0.25, 0.3) is 11.0 Å². The molecular formula is C21H24N4OS2. The number of aromatic nitrogens is 3. The minimum absolute atomic E-state index is 0.0245. The second-order valence-electron chi connectivity index (χ2n) is 6.90. The van der Waals surface area contributed by atoms with Crippen molar-refractivity contribution in [2.75, 3.05) is 17.7 Å². The normalized spacial score (nSPS) is 13.5. The minimum atomic E-state index is 0.0245. The summed E-state index contributed by atoms with van der Waals surface area (Å²) in [5, 5.41) is 0.799. The summed E-state index contributed by atoms with van der Waals surface area (Å²) in [4.78, 5) is 25.9. The first-order valence-electron chi connectivity index (χ1n) is 9.54. The van der Waals surface area contributed by atoms with E-state index < -0.39 is 0 Å². The van der Waals surface area contributed by atoms with Crippen LogP contribution in [0.2, 0.25) is 0 Å². The highest BCUT2D eigenvalue weighted by Crippen LogP contribution is 2.32. The van der Waals surface area contributed by atoms with E-state index in [4.69, 9.17) is 9.97 Å². The number of nitrogens with zero attached hydrogens (tertiary/aromatic N) is 4. The number of hydrogen-bond donors (Lipinski definition) is 0. The van der Waals surface area contributed by atoms with Crippen LogP contribution in [-0.2, 0) is 29.9 Å². The number of anilines is 1. The molecule has 146 valence electrons. The Kier molecular flexibility index (Phi) is 5.82. The number of thiazole rings is 1. The maximum atomic E-state index is 13.3. The van der Waals surface area contributed by atoms with Gasteiger partial charge in [0.2, 0.25) is 5.91 Å². The number of aryl methyl sites for hydroxylation is 2. The van der Waals surface area contributed by atoms with Crippen molar-refractivity contribution >= 4 is 45.2 Å². The van der Waals surface area contributed by atoms with Crippen LogP contribution in [0.4, 0.5) is 5.13 Å². The van der Waals surface area contributed by atoms with Crippen LogP contribution in [0, 0.1) is 0 Å². The van der Waals surface area contributed by atoms with Crippen LogP contribution in [-0.4, -0.2) is 33.2 Å². The average Bonchev–Trinajstić information content (AvgIpc) is 3.28. The molecule has 0 unspecified atom stereocenters. The summed E-state index contributed by atoms with van der Waals surface area (Å²) in [6.07, 6.45) is 8.32. The van der Waals surface area contributed by atoms with Crippen molar-refractivity contribution in [3.05, 3.63) is 53.3 Å². The zero-order chi connectivity index (χ0) is 19.5. The van der Waals surface area contributed by atoms with Gasteiger partial charge in [0, 0.05) is 11.4 Å². The summed E-state index contributed by atoms with van der Waals surface area (Å²) in [5.41, 5.74) is 3.10. The van der Waals surface area contributed by atoms with Gasteiger partial charge in [0.15, 0.2) is 5.13 Å². The van der Waals surface area contributed by atoms with Crippen LogP contribution in [0.15, 0.2) is 36.9 Å². The lowest BCUT2D eigenvalue weighted by Gasteiger charge is -2.19. The smallest absolute Gasteiger partial charge is 0.249 e. The Morgan fingerprint density at radius 3 is 2.93 bits per heavy atom. The number of benzene rings is 1. The quantitative estimate of drug-likeness (QED) is 0.538. The SMILES string of the molecule is C=CCN(C(=O)Cn1c(CSC)nc2ccccc21)c1nc2c(s1)CCCC2. The number of thioether (sulfide) groups is 1. The number of hydrogen-bond acceptors (Lipinski definition) is 5. The summed E-state index contributed by atoms with van der Waals surface area (Å²) in [7, 11) is 0. The standard InChI is InChI=1S/C21H24N4OS2/c1-3-12-24(21-23-16-9-5-7-11-18(16)28-21)20(26)13-25-17-10-6-4-8-15(17)22-19(25)14-27-2/h3-4,6,8,10H,1,5,7,9,11-14H2,2H3. The van der Waals surface area contributed by atoms with Crippen LogP contribution in [0.5, 0.6) is 0 Å². The first kappa shape index (κ1) is 19.2. The Balaban J connectivity index is 1.65. The number of rotatable bonds is 7. The van der Waals surface area contributed by atoms with E-state index in [0.29, 0.717) is 6.54 Å². The van der Waals surface area contributed by atoms with Gasteiger partial charge in [-0.1, -0.05) is 18.2 Å². The van der Waals surface area contributed by atoms with Gasteiger partial charge in [-0.2, -0.15) is 11.8 Å². The van der Waals surface area contributed by atoms with Crippen LogP contribution < -0.4 is 4.90 Å². The van der Waals surface area contributed by atoms with Crippen LogP contribution in [0.1, 0.15) is 29.2 Å². The molecule has 0 bridgehead atoms. The lowest BCUT2D eigenvalue weighted by atomic mass is 10.0. The molecule has 0 aliphatic heterocycles. The van der Waals surface area contributed by atoms with E-state index in [1.165, 1.54) is 23.4 Å². The highest BCUT2D eigenvalue weighted by molar-refractivity contribution is 7.97. The highest BCUT2D eigenvalue weighted by Gasteiger charge is 2.24. The monoisotopic (exact) mass is 412 g/mol. The number of para-hydroxylation sites is 2. The molecule has 7 heteroatoms. The maximum Gasteiger partial charge on any atom is 0.249 e. The van der Waals surface area contributed by atoms with E-state index >= 15 is 0 Å². The van der Waals surface area contributed by atoms with E-state index in [1.807, 2.05) is 28.8 Å². The molecule has 0 saturated carbocycles. The topological polar surface area (TPSA) is 51.0 Å². The van der Waals surface area contributed by atoms with Gasteiger partial charge in [-0.25, -0.2) is 9.97 Å². The lowest BCUT2D eigenvalue weighted by molar-refractivity contribution is -0.119. The van der Waals surface area contributed by atoms with Crippen molar-refractivity contribution in [2.24, 2.45) is 0 Å². The fourth-order valence-corrected chi connectivity index (χ4v) is 5.28. The fourth-order valence-electron chi connectivity index (χ4n) is 3.63. The fraction of sp³-hybridized carbons (Fsp3) is 0.381. The summed E-state index contributed by atoms with van der Waals surface area (Å²) < 4.78 is 2.04. The zero-order valence-electron chi connectivity index (χ0n) is 16.1. The molecule has 28 heavy (non-hydrogen) atoms. The molecular weight excluding hydrogens is 388 g/mol. The zero-order valence-corrected chi connectivity index (χ0v) is 17.7. The Morgan fingerprint density at radius 1 is 1.32 bits per heavy atom. The number of carbonyl (C=O) groups excluding carboxylic acids is 1. The van der Waals surface area contributed by atoms with Crippen LogP contribution >= 0.6 is 23.1 Å². The molecule has 1 aromatic carbocycles. The van der Waals surface area contributed by atoms with Crippen molar-refractivity contribution in [1.29, 1.82) is 0 Å². The molecule has 1 aliphatic rings. The van der Waals surface area contributed by atoms with Crippen molar-refractivity contribution < 1.29 is 4.79 Å². The number of amides is 1. The molecule has 2 heterocycles. The lowest BCUT2D eigenvalue weighted by Crippen LogP contribution is -2.34. The molecule has 0 atom stereocenters. The number of carbonyl (C=O) groups is 1. The van der Waals surface area contributed by atoms with E-state index in [2.05, 4.69) is 12.8 Å². The Bertz CT molecular complexity index is 984. The number of imidazole rings is 1. The Hall–Kier alpha value is -2.12. The van der Waals surface area contributed by atoms with Gasteiger partial charge >= 0.3 is 0 Å². The molecule has 0 spiro atoms. The maximum absolute atomic E-state index is 13.3. The summed E-state index contributed by atoms with van der Waals surface area (Å²) in [5.74, 6) is 1.73. The highest BCUT2D eigenvalue weighted by atomic mass is 32.2. The van der Waals surface area contributed by atoms with Gasteiger partial charge in [-0.15, -0.1) is 17.9 Å². The van der Waals surface area contributed by atoms with Crippen molar-refractivity contribution in [2.45, 2.75) is 38.0 Å². The van der Waals surface area contributed by atoms with Crippen molar-refractivity contribution in [3.63, 3.8) is 0 Å². The molecule has 4 rings (SSSR count). The van der Waals surface area contributed by atoms with Gasteiger partial charge in [0.1, 0.15) is 12.4 Å². The third-order valence-electron chi connectivity index (χ3n) is 4.98. The van der Waals surface area contributed by atoms with E-state index in [1.54, 1.807) is 34.1 Å². The molecule has 1 amide bonds. The molecule has 2 aromatic heterocycles. The van der Waals surface area contributed by atoms with E-state index in [9.17, 15) is 4.79 Å². The Morgan fingerprint density at radius 2 is 2.14 bits per heavy atom. The second kappa shape index (κ2) is 8.49. The van der Waals surface area contributed by atoms with E-state index in [-0.39, 0.29) is 12.5 Å². The molecule has 0 radical (unpaired) electrons. The van der Waals surface area contributed by atoms with Gasteiger partial charge in [-0.3, -0.25) is 9.69 Å². The first-order valence-corrected chi connectivity index (χ1v) is 11.7. The largest absolute Gasteiger partial charge is 0.318 e.